The third kappa shape index (κ3) is 4.32. The lowest BCUT2D eigenvalue weighted by Gasteiger charge is -2.18. The van der Waals surface area contributed by atoms with Gasteiger partial charge in [0.2, 0.25) is 0 Å². The number of likely N-dealkylation sites (N-methyl/N-ethyl adjacent to an activating group) is 1. The van der Waals surface area contributed by atoms with Crippen LogP contribution in [0.15, 0.2) is 61.2 Å². The second-order valence-corrected chi connectivity index (χ2v) is 5.76. The number of hydrogen-bond donors (Lipinski definition) is 2. The molecule has 3 rings (SSSR count). The number of anilines is 3. The Morgan fingerprint density at radius 3 is 2.69 bits per heavy atom. The fourth-order valence-electron chi connectivity index (χ4n) is 2.50. The number of hydrogen-bond acceptors (Lipinski definition) is 6. The van der Waals surface area contributed by atoms with E-state index in [1.165, 1.54) is 11.9 Å². The summed E-state index contributed by atoms with van der Waals surface area (Å²) in [5.74, 6) is 0.306. The molecular weight excluding hydrogens is 330 g/mol. The molecule has 0 unspecified atom stereocenters. The fourth-order valence-corrected chi connectivity index (χ4v) is 2.50. The lowest BCUT2D eigenvalue weighted by molar-refractivity contribution is 0.0698. The molecule has 0 saturated carbocycles. The molecule has 0 atom stereocenters. The number of pyridine rings is 1. The van der Waals surface area contributed by atoms with Crippen LogP contribution < -0.4 is 10.2 Å². The molecule has 2 N–H and O–H groups in total. The zero-order valence-electron chi connectivity index (χ0n) is 14.3. The second kappa shape index (κ2) is 8.06. The fraction of sp³-hybridized carbons (Fsp3) is 0.158. The van der Waals surface area contributed by atoms with Gasteiger partial charge < -0.3 is 15.3 Å². The SMILES string of the molecule is CN(CCc1ccncc1)c1cc(Nc2ccccc2C(=O)O)ncn1. The van der Waals surface area contributed by atoms with Crippen LogP contribution in [0.2, 0.25) is 0 Å². The quantitative estimate of drug-likeness (QED) is 0.677. The molecule has 0 spiro atoms. The van der Waals surface area contributed by atoms with E-state index in [-0.39, 0.29) is 5.56 Å². The van der Waals surface area contributed by atoms with Crippen LogP contribution in [-0.2, 0) is 6.42 Å². The van der Waals surface area contributed by atoms with Crippen molar-refractivity contribution in [2.75, 3.05) is 23.8 Å². The summed E-state index contributed by atoms with van der Waals surface area (Å²) in [4.78, 5) is 25.8. The van der Waals surface area contributed by atoms with Gasteiger partial charge in [0.05, 0.1) is 11.3 Å². The number of carboxylic acids is 1. The van der Waals surface area contributed by atoms with Gasteiger partial charge in [-0.25, -0.2) is 14.8 Å². The monoisotopic (exact) mass is 349 g/mol. The summed E-state index contributed by atoms with van der Waals surface area (Å²) in [5, 5.41) is 12.3. The number of carbonyl (C=O) groups is 1. The summed E-state index contributed by atoms with van der Waals surface area (Å²) < 4.78 is 0. The van der Waals surface area contributed by atoms with Crippen LogP contribution in [0.4, 0.5) is 17.3 Å². The van der Waals surface area contributed by atoms with E-state index in [1.54, 1.807) is 42.7 Å². The Bertz CT molecular complexity index is 886. The molecule has 3 aromatic rings. The first kappa shape index (κ1) is 17.3. The highest BCUT2D eigenvalue weighted by Crippen LogP contribution is 2.21. The van der Waals surface area contributed by atoms with Gasteiger partial charge in [0.15, 0.2) is 0 Å². The molecule has 0 bridgehead atoms. The zero-order valence-corrected chi connectivity index (χ0v) is 14.3. The summed E-state index contributed by atoms with van der Waals surface area (Å²) in [6.07, 6.45) is 5.89. The zero-order chi connectivity index (χ0) is 18.4. The molecule has 2 heterocycles. The predicted octanol–water partition coefficient (Wildman–Crippen LogP) is 2.99. The van der Waals surface area contributed by atoms with Crippen LogP contribution in [-0.4, -0.2) is 39.6 Å². The molecule has 0 radical (unpaired) electrons. The molecule has 0 aliphatic carbocycles. The third-order valence-corrected chi connectivity index (χ3v) is 3.95. The lowest BCUT2D eigenvalue weighted by Crippen LogP contribution is -2.21. The maximum Gasteiger partial charge on any atom is 0.337 e. The van der Waals surface area contributed by atoms with Gasteiger partial charge in [-0.1, -0.05) is 12.1 Å². The minimum Gasteiger partial charge on any atom is -0.478 e. The van der Waals surface area contributed by atoms with Crippen molar-refractivity contribution in [3.05, 3.63) is 72.3 Å². The van der Waals surface area contributed by atoms with Crippen LogP contribution >= 0.6 is 0 Å². The van der Waals surface area contributed by atoms with Gasteiger partial charge in [0.25, 0.3) is 0 Å². The average Bonchev–Trinajstić information content (AvgIpc) is 2.67. The maximum atomic E-state index is 11.3. The number of carboxylic acid groups (broad SMARTS) is 1. The molecule has 0 aliphatic rings. The Labute approximate surface area is 151 Å². The lowest BCUT2D eigenvalue weighted by atomic mass is 10.2. The van der Waals surface area contributed by atoms with Gasteiger partial charge in [-0.05, 0) is 36.2 Å². The van der Waals surface area contributed by atoms with Crippen LogP contribution in [0.1, 0.15) is 15.9 Å². The number of rotatable bonds is 7. The van der Waals surface area contributed by atoms with E-state index < -0.39 is 5.97 Å². The van der Waals surface area contributed by atoms with Gasteiger partial charge >= 0.3 is 5.97 Å². The van der Waals surface area contributed by atoms with E-state index in [4.69, 9.17) is 0 Å². The van der Waals surface area contributed by atoms with E-state index in [1.807, 2.05) is 24.1 Å². The van der Waals surface area contributed by atoms with Gasteiger partial charge in [-0.3, -0.25) is 4.98 Å². The minimum atomic E-state index is -0.989. The first-order valence-electron chi connectivity index (χ1n) is 8.15. The Morgan fingerprint density at radius 1 is 1.15 bits per heavy atom. The molecule has 0 saturated heterocycles. The van der Waals surface area contributed by atoms with Gasteiger partial charge in [0.1, 0.15) is 18.0 Å². The Morgan fingerprint density at radius 2 is 1.92 bits per heavy atom. The molecule has 2 aromatic heterocycles. The number of nitrogens with one attached hydrogen (secondary N) is 1. The van der Waals surface area contributed by atoms with E-state index in [0.717, 1.165) is 18.8 Å². The van der Waals surface area contributed by atoms with Crippen molar-refractivity contribution < 1.29 is 9.90 Å². The predicted molar refractivity (Wildman–Crippen MR) is 99.9 cm³/mol. The molecule has 0 aliphatic heterocycles. The molecular formula is C19H19N5O2. The van der Waals surface area contributed by atoms with Crippen LogP contribution in [0, 0.1) is 0 Å². The topological polar surface area (TPSA) is 91.2 Å². The van der Waals surface area contributed by atoms with Crippen molar-refractivity contribution in [1.29, 1.82) is 0 Å². The Balaban J connectivity index is 1.71. The van der Waals surface area contributed by atoms with Gasteiger partial charge in [0, 0.05) is 32.1 Å². The largest absolute Gasteiger partial charge is 0.478 e. The molecule has 26 heavy (non-hydrogen) atoms. The normalized spacial score (nSPS) is 10.3. The van der Waals surface area contributed by atoms with Crippen LogP contribution in [0.5, 0.6) is 0 Å². The molecule has 7 nitrogen and oxygen atoms in total. The van der Waals surface area contributed by atoms with Gasteiger partial charge in [-0.15, -0.1) is 0 Å². The highest BCUT2D eigenvalue weighted by Gasteiger charge is 2.11. The Hall–Kier alpha value is -3.48. The van der Waals surface area contributed by atoms with E-state index in [2.05, 4.69) is 20.3 Å². The summed E-state index contributed by atoms with van der Waals surface area (Å²) >= 11 is 0. The van der Waals surface area contributed by atoms with E-state index in [9.17, 15) is 9.90 Å². The molecule has 0 amide bonds. The standard InChI is InChI=1S/C19H19N5O2/c1-24(11-8-14-6-9-20-10-7-14)18-12-17(21-13-22-18)23-16-5-3-2-4-15(16)19(25)26/h2-7,9-10,12-13H,8,11H2,1H3,(H,25,26)(H,21,22,23). The number of para-hydroxylation sites is 1. The second-order valence-electron chi connectivity index (χ2n) is 5.76. The van der Waals surface area contributed by atoms with Crippen molar-refractivity contribution in [3.8, 4) is 0 Å². The highest BCUT2D eigenvalue weighted by molar-refractivity contribution is 5.95. The third-order valence-electron chi connectivity index (χ3n) is 3.95. The smallest absolute Gasteiger partial charge is 0.337 e. The van der Waals surface area contributed by atoms with Crippen molar-refractivity contribution in [3.63, 3.8) is 0 Å². The first-order valence-corrected chi connectivity index (χ1v) is 8.15. The number of aromatic carboxylic acids is 1. The number of aromatic nitrogens is 3. The van der Waals surface area contributed by atoms with Gasteiger partial charge in [-0.2, -0.15) is 0 Å². The van der Waals surface area contributed by atoms with E-state index >= 15 is 0 Å². The summed E-state index contributed by atoms with van der Waals surface area (Å²) in [6, 6.07) is 12.5. The van der Waals surface area contributed by atoms with Crippen molar-refractivity contribution in [2.45, 2.75) is 6.42 Å². The number of benzene rings is 1. The van der Waals surface area contributed by atoms with Crippen molar-refractivity contribution in [2.24, 2.45) is 0 Å². The molecule has 0 fully saturated rings. The minimum absolute atomic E-state index is 0.193. The average molecular weight is 349 g/mol. The summed E-state index contributed by atoms with van der Waals surface area (Å²) in [5.41, 5.74) is 1.89. The van der Waals surface area contributed by atoms with Crippen molar-refractivity contribution >= 4 is 23.3 Å². The molecule has 132 valence electrons. The number of nitrogens with zero attached hydrogens (tertiary/aromatic N) is 4. The van der Waals surface area contributed by atoms with Crippen LogP contribution in [0.3, 0.4) is 0 Å². The summed E-state index contributed by atoms with van der Waals surface area (Å²) in [6.45, 7) is 0.784. The highest BCUT2D eigenvalue weighted by atomic mass is 16.4. The molecule has 7 heteroatoms. The Kier molecular flexibility index (Phi) is 5.38. The summed E-state index contributed by atoms with van der Waals surface area (Å²) in [7, 11) is 1.96. The van der Waals surface area contributed by atoms with E-state index in [0.29, 0.717) is 11.5 Å². The molecule has 1 aromatic carbocycles. The van der Waals surface area contributed by atoms with Crippen molar-refractivity contribution in [1.82, 2.24) is 15.0 Å². The van der Waals surface area contributed by atoms with Crippen LogP contribution in [0.25, 0.3) is 0 Å². The maximum absolute atomic E-state index is 11.3. The first-order chi connectivity index (χ1) is 12.6.